The lowest BCUT2D eigenvalue weighted by Crippen LogP contribution is -1.83. The van der Waals surface area contributed by atoms with Crippen LogP contribution in [0.15, 0.2) is 46.9 Å². The second-order valence-electron chi connectivity index (χ2n) is 4.22. The molecule has 3 rings (SSSR count). The summed E-state index contributed by atoms with van der Waals surface area (Å²) in [6, 6.07) is 12.6. The molecule has 0 saturated carbocycles. The Hall–Kier alpha value is -1.59. The maximum atomic E-state index is 4.50. The molecule has 0 fully saturated rings. The van der Waals surface area contributed by atoms with Gasteiger partial charge in [-0.3, -0.25) is 5.10 Å². The van der Waals surface area contributed by atoms with Crippen molar-refractivity contribution in [1.82, 2.24) is 15.2 Å². The molecule has 1 N–H and O–H groups in total. The smallest absolute Gasteiger partial charge is 0.209 e. The molecule has 1 aromatic carbocycles. The van der Waals surface area contributed by atoms with Gasteiger partial charge in [-0.1, -0.05) is 47.7 Å². The highest BCUT2D eigenvalue weighted by Crippen LogP contribution is 2.25. The van der Waals surface area contributed by atoms with E-state index in [9.17, 15) is 0 Å². The van der Waals surface area contributed by atoms with Gasteiger partial charge in [-0.2, -0.15) is 0 Å². The average Bonchev–Trinajstić information content (AvgIpc) is 3.07. The van der Waals surface area contributed by atoms with Gasteiger partial charge < -0.3 is 0 Å². The van der Waals surface area contributed by atoms with Crippen LogP contribution in [0.3, 0.4) is 0 Å². The van der Waals surface area contributed by atoms with E-state index in [0.717, 1.165) is 21.6 Å². The number of benzene rings is 1. The lowest BCUT2D eigenvalue weighted by molar-refractivity contribution is 0.973. The van der Waals surface area contributed by atoms with Crippen LogP contribution in [0.25, 0.3) is 10.7 Å². The molecule has 2 aromatic heterocycles. The van der Waals surface area contributed by atoms with E-state index in [-0.39, 0.29) is 0 Å². The maximum absolute atomic E-state index is 4.50. The molecule has 0 amide bonds. The third-order valence-corrected chi connectivity index (χ3v) is 4.46. The molecule has 0 saturated heterocycles. The zero-order valence-electron chi connectivity index (χ0n) is 10.5. The molecule has 0 aliphatic heterocycles. The summed E-state index contributed by atoms with van der Waals surface area (Å²) < 4.78 is 0. The molecule has 19 heavy (non-hydrogen) atoms. The van der Waals surface area contributed by atoms with E-state index in [1.165, 1.54) is 11.1 Å². The zero-order valence-corrected chi connectivity index (χ0v) is 12.1. The standard InChI is InChI=1S/C14H13N3S2/c1-10-4-2-5-11(8-10)9-19-14-15-13(16-17-14)12-6-3-7-18-12/h2-8H,9H2,1H3,(H,15,16,17). The summed E-state index contributed by atoms with van der Waals surface area (Å²) in [5.41, 5.74) is 2.58. The fourth-order valence-corrected chi connectivity index (χ4v) is 3.19. The second kappa shape index (κ2) is 5.59. The van der Waals surface area contributed by atoms with Gasteiger partial charge in [0.05, 0.1) is 4.88 Å². The van der Waals surface area contributed by atoms with Crippen molar-refractivity contribution < 1.29 is 0 Å². The second-order valence-corrected chi connectivity index (χ2v) is 6.11. The summed E-state index contributed by atoms with van der Waals surface area (Å²) in [7, 11) is 0. The Labute approximate surface area is 120 Å². The van der Waals surface area contributed by atoms with Crippen molar-refractivity contribution in [2.75, 3.05) is 0 Å². The molecule has 0 aliphatic rings. The van der Waals surface area contributed by atoms with Gasteiger partial charge in [-0.15, -0.1) is 16.4 Å². The first kappa shape index (κ1) is 12.4. The minimum atomic E-state index is 0.796. The monoisotopic (exact) mass is 287 g/mol. The van der Waals surface area contributed by atoms with Crippen molar-refractivity contribution in [2.24, 2.45) is 0 Å². The fraction of sp³-hybridized carbons (Fsp3) is 0.143. The van der Waals surface area contributed by atoms with Crippen molar-refractivity contribution >= 4 is 23.1 Å². The third-order valence-electron chi connectivity index (χ3n) is 2.67. The maximum Gasteiger partial charge on any atom is 0.209 e. The van der Waals surface area contributed by atoms with Crippen molar-refractivity contribution in [3.8, 4) is 10.7 Å². The molecule has 0 radical (unpaired) electrons. The normalized spacial score (nSPS) is 10.8. The number of aromatic amines is 1. The van der Waals surface area contributed by atoms with E-state index in [2.05, 4.69) is 46.4 Å². The number of rotatable bonds is 4. The van der Waals surface area contributed by atoms with Crippen LogP contribution >= 0.6 is 23.1 Å². The lowest BCUT2D eigenvalue weighted by Gasteiger charge is -1.99. The molecule has 2 heterocycles. The van der Waals surface area contributed by atoms with Gasteiger partial charge in [-0.05, 0) is 23.9 Å². The van der Waals surface area contributed by atoms with E-state index < -0.39 is 0 Å². The van der Waals surface area contributed by atoms with Crippen LogP contribution in [-0.4, -0.2) is 15.2 Å². The lowest BCUT2D eigenvalue weighted by atomic mass is 10.2. The summed E-state index contributed by atoms with van der Waals surface area (Å²) in [5.74, 6) is 1.74. The predicted octanol–water partition coefficient (Wildman–Crippen LogP) is 4.13. The van der Waals surface area contributed by atoms with Crippen molar-refractivity contribution in [2.45, 2.75) is 17.8 Å². The van der Waals surface area contributed by atoms with Crippen LogP contribution in [-0.2, 0) is 5.75 Å². The van der Waals surface area contributed by atoms with Crippen LogP contribution in [0.4, 0.5) is 0 Å². The van der Waals surface area contributed by atoms with Gasteiger partial charge in [0.1, 0.15) is 0 Å². The van der Waals surface area contributed by atoms with Crippen LogP contribution < -0.4 is 0 Å². The largest absolute Gasteiger partial charge is 0.257 e. The Morgan fingerprint density at radius 2 is 2.21 bits per heavy atom. The summed E-state index contributed by atoms with van der Waals surface area (Å²) >= 11 is 3.31. The molecule has 0 aliphatic carbocycles. The number of aryl methyl sites for hydroxylation is 1. The van der Waals surface area contributed by atoms with Crippen molar-refractivity contribution in [1.29, 1.82) is 0 Å². The Bertz CT molecular complexity index is 659. The first-order chi connectivity index (χ1) is 9.31. The van der Waals surface area contributed by atoms with E-state index in [0.29, 0.717) is 0 Å². The average molecular weight is 287 g/mol. The van der Waals surface area contributed by atoms with Gasteiger partial charge in [0, 0.05) is 5.75 Å². The molecular weight excluding hydrogens is 274 g/mol. The molecule has 0 atom stereocenters. The number of thiophene rings is 1. The fourth-order valence-electron chi connectivity index (χ4n) is 1.78. The van der Waals surface area contributed by atoms with E-state index in [1.807, 2.05) is 17.5 Å². The van der Waals surface area contributed by atoms with E-state index in [4.69, 9.17) is 0 Å². The summed E-state index contributed by atoms with van der Waals surface area (Å²) in [6.45, 7) is 2.11. The minimum absolute atomic E-state index is 0.796. The highest BCUT2D eigenvalue weighted by Gasteiger charge is 2.07. The number of nitrogens with zero attached hydrogens (tertiary/aromatic N) is 2. The zero-order chi connectivity index (χ0) is 13.1. The molecule has 96 valence electrons. The Morgan fingerprint density at radius 1 is 1.26 bits per heavy atom. The highest BCUT2D eigenvalue weighted by atomic mass is 32.2. The van der Waals surface area contributed by atoms with Crippen LogP contribution in [0, 0.1) is 6.92 Å². The minimum Gasteiger partial charge on any atom is -0.257 e. The predicted molar refractivity (Wildman–Crippen MR) is 80.4 cm³/mol. The number of nitrogens with one attached hydrogen (secondary N) is 1. The van der Waals surface area contributed by atoms with Crippen LogP contribution in [0.5, 0.6) is 0 Å². The number of H-pyrrole nitrogens is 1. The molecule has 3 aromatic rings. The molecule has 3 nitrogen and oxygen atoms in total. The van der Waals surface area contributed by atoms with Crippen molar-refractivity contribution in [3.05, 3.63) is 52.9 Å². The summed E-state index contributed by atoms with van der Waals surface area (Å²) in [6.07, 6.45) is 0. The van der Waals surface area contributed by atoms with E-state index >= 15 is 0 Å². The first-order valence-electron chi connectivity index (χ1n) is 5.96. The van der Waals surface area contributed by atoms with Gasteiger partial charge >= 0.3 is 0 Å². The molecule has 5 heteroatoms. The number of thioether (sulfide) groups is 1. The topological polar surface area (TPSA) is 41.6 Å². The Morgan fingerprint density at radius 3 is 3.00 bits per heavy atom. The quantitative estimate of drug-likeness (QED) is 0.733. The summed E-state index contributed by atoms with van der Waals surface area (Å²) in [5, 5.41) is 10.1. The Kier molecular flexibility index (Phi) is 3.66. The SMILES string of the molecule is Cc1cccc(CSc2n[nH]c(-c3cccs3)n2)c1. The molecular formula is C14H13N3S2. The summed E-state index contributed by atoms with van der Waals surface area (Å²) in [4.78, 5) is 5.62. The molecule has 0 unspecified atom stereocenters. The first-order valence-corrected chi connectivity index (χ1v) is 7.82. The van der Waals surface area contributed by atoms with Crippen LogP contribution in [0.2, 0.25) is 0 Å². The molecule has 0 spiro atoms. The number of aromatic nitrogens is 3. The number of hydrogen-bond acceptors (Lipinski definition) is 4. The molecule has 0 bridgehead atoms. The highest BCUT2D eigenvalue weighted by molar-refractivity contribution is 7.98. The van der Waals surface area contributed by atoms with Crippen LogP contribution in [0.1, 0.15) is 11.1 Å². The number of hydrogen-bond donors (Lipinski definition) is 1. The van der Waals surface area contributed by atoms with E-state index in [1.54, 1.807) is 23.1 Å². The van der Waals surface area contributed by atoms with Crippen molar-refractivity contribution in [3.63, 3.8) is 0 Å². The third kappa shape index (κ3) is 3.05. The van der Waals surface area contributed by atoms with Gasteiger partial charge in [0.15, 0.2) is 5.82 Å². The van der Waals surface area contributed by atoms with Gasteiger partial charge in [0.2, 0.25) is 5.16 Å². The van der Waals surface area contributed by atoms with Gasteiger partial charge in [0.25, 0.3) is 0 Å². The Balaban J connectivity index is 1.68. The van der Waals surface area contributed by atoms with Gasteiger partial charge in [-0.25, -0.2) is 4.98 Å².